The Morgan fingerprint density at radius 1 is 1.53 bits per heavy atom. The minimum Gasteiger partial charge on any atom is -0.396 e. The molecule has 1 aromatic carbocycles. The third kappa shape index (κ3) is 2.15. The van der Waals surface area contributed by atoms with Gasteiger partial charge in [-0.15, -0.1) is 10.2 Å². The lowest BCUT2D eigenvalue weighted by molar-refractivity contribution is 0.794. The van der Waals surface area contributed by atoms with Crippen molar-refractivity contribution in [3.05, 3.63) is 29.6 Å². The van der Waals surface area contributed by atoms with Crippen LogP contribution in [0.1, 0.15) is 24.4 Å². The fraction of sp³-hybridized carbons (Fsp3) is 0.200. The van der Waals surface area contributed by atoms with Crippen LogP contribution in [-0.4, -0.2) is 20.6 Å². The lowest BCUT2D eigenvalue weighted by Gasteiger charge is -2.13. The van der Waals surface area contributed by atoms with E-state index in [-0.39, 0.29) is 6.04 Å². The van der Waals surface area contributed by atoms with Crippen LogP contribution in [-0.2, 0) is 0 Å². The highest BCUT2D eigenvalue weighted by molar-refractivity contribution is 5.73. The molecule has 0 aliphatic carbocycles. The molecule has 1 atom stereocenters. The summed E-state index contributed by atoms with van der Waals surface area (Å²) in [6.07, 6.45) is 0. The number of hydrogen-bond acceptors (Lipinski definition) is 6. The second kappa shape index (κ2) is 4.49. The lowest BCUT2D eigenvalue weighted by atomic mass is 10.1. The van der Waals surface area contributed by atoms with Gasteiger partial charge < -0.3 is 11.1 Å². The molecule has 1 aromatic heterocycles. The van der Waals surface area contributed by atoms with Crippen LogP contribution in [0.2, 0.25) is 0 Å². The zero-order valence-corrected chi connectivity index (χ0v) is 9.18. The van der Waals surface area contributed by atoms with E-state index in [0.717, 1.165) is 0 Å². The quantitative estimate of drug-likeness (QED) is 0.671. The van der Waals surface area contributed by atoms with Gasteiger partial charge in [0.05, 0.1) is 23.0 Å². The van der Waals surface area contributed by atoms with Gasteiger partial charge in [-0.1, -0.05) is 11.3 Å². The maximum atomic E-state index is 8.86. The summed E-state index contributed by atoms with van der Waals surface area (Å²) < 4.78 is 0. The van der Waals surface area contributed by atoms with E-state index >= 15 is 0 Å². The van der Waals surface area contributed by atoms with Crippen LogP contribution in [0.15, 0.2) is 18.2 Å². The molecule has 0 amide bonds. The van der Waals surface area contributed by atoms with Crippen molar-refractivity contribution in [2.24, 2.45) is 0 Å². The number of anilines is 2. The normalized spacial score (nSPS) is 11.8. The Hall–Kier alpha value is -2.62. The molecule has 4 N–H and O–H groups in total. The molecule has 0 radical (unpaired) electrons. The van der Waals surface area contributed by atoms with Gasteiger partial charge in [0.1, 0.15) is 6.07 Å². The second-order valence-electron chi connectivity index (χ2n) is 3.51. The van der Waals surface area contributed by atoms with Gasteiger partial charge in [-0.25, -0.2) is 0 Å². The van der Waals surface area contributed by atoms with Crippen LogP contribution in [0.3, 0.4) is 0 Å². The average molecular weight is 229 g/mol. The third-order valence-electron chi connectivity index (χ3n) is 2.35. The highest BCUT2D eigenvalue weighted by Crippen LogP contribution is 2.25. The molecule has 2 aromatic rings. The Morgan fingerprint density at radius 2 is 2.35 bits per heavy atom. The fourth-order valence-electron chi connectivity index (χ4n) is 1.44. The number of nitrogen functional groups attached to an aromatic ring is 1. The number of H-pyrrole nitrogens is 1. The molecule has 0 bridgehead atoms. The Kier molecular flexibility index (Phi) is 2.87. The number of tetrazole rings is 1. The predicted molar refractivity (Wildman–Crippen MR) is 61.8 cm³/mol. The molecule has 0 aliphatic rings. The van der Waals surface area contributed by atoms with Crippen LogP contribution in [0.25, 0.3) is 0 Å². The number of aromatic nitrogens is 4. The largest absolute Gasteiger partial charge is 0.396 e. The highest BCUT2D eigenvalue weighted by Gasteiger charge is 2.12. The van der Waals surface area contributed by atoms with E-state index < -0.39 is 0 Å². The SMILES string of the molecule is CC(Nc1cccc(C#N)c1N)c1nn[nH]n1. The molecule has 0 saturated carbocycles. The lowest BCUT2D eigenvalue weighted by Crippen LogP contribution is -2.10. The van der Waals surface area contributed by atoms with E-state index in [9.17, 15) is 0 Å². The van der Waals surface area contributed by atoms with Crippen LogP contribution in [0.4, 0.5) is 11.4 Å². The summed E-state index contributed by atoms with van der Waals surface area (Å²) in [4.78, 5) is 0. The van der Waals surface area contributed by atoms with Gasteiger partial charge >= 0.3 is 0 Å². The van der Waals surface area contributed by atoms with Crippen molar-refractivity contribution >= 4 is 11.4 Å². The number of nitrogens with zero attached hydrogens (tertiary/aromatic N) is 4. The Balaban J connectivity index is 2.23. The molecular weight excluding hydrogens is 218 g/mol. The third-order valence-corrected chi connectivity index (χ3v) is 2.35. The molecule has 7 heteroatoms. The number of benzene rings is 1. The molecule has 86 valence electrons. The zero-order valence-electron chi connectivity index (χ0n) is 9.18. The van der Waals surface area contributed by atoms with E-state index in [2.05, 4.69) is 25.9 Å². The summed E-state index contributed by atoms with van der Waals surface area (Å²) >= 11 is 0. The Labute approximate surface area is 97.6 Å². The van der Waals surface area contributed by atoms with Crippen LogP contribution < -0.4 is 11.1 Å². The minimum absolute atomic E-state index is 0.148. The molecule has 0 spiro atoms. The van der Waals surface area contributed by atoms with Gasteiger partial charge in [0.2, 0.25) is 0 Å². The van der Waals surface area contributed by atoms with E-state index in [0.29, 0.717) is 22.8 Å². The van der Waals surface area contributed by atoms with Gasteiger partial charge in [-0.2, -0.15) is 10.5 Å². The summed E-state index contributed by atoms with van der Waals surface area (Å²) in [6.45, 7) is 1.88. The van der Waals surface area contributed by atoms with Crippen molar-refractivity contribution in [1.82, 2.24) is 20.6 Å². The second-order valence-corrected chi connectivity index (χ2v) is 3.51. The monoisotopic (exact) mass is 229 g/mol. The molecule has 1 heterocycles. The van der Waals surface area contributed by atoms with Gasteiger partial charge in [0.25, 0.3) is 0 Å². The molecule has 0 aliphatic heterocycles. The minimum atomic E-state index is -0.148. The summed E-state index contributed by atoms with van der Waals surface area (Å²) in [6, 6.07) is 7.11. The summed E-state index contributed by atoms with van der Waals surface area (Å²) in [5, 5.41) is 25.6. The summed E-state index contributed by atoms with van der Waals surface area (Å²) in [5.74, 6) is 0.534. The van der Waals surface area contributed by atoms with Gasteiger partial charge in [0.15, 0.2) is 5.82 Å². The van der Waals surface area contributed by atoms with Crippen LogP contribution in [0.5, 0.6) is 0 Å². The first-order valence-corrected chi connectivity index (χ1v) is 5.01. The fourth-order valence-corrected chi connectivity index (χ4v) is 1.44. The molecule has 17 heavy (non-hydrogen) atoms. The molecule has 0 fully saturated rings. The van der Waals surface area contributed by atoms with E-state index in [1.54, 1.807) is 18.2 Å². The first-order valence-electron chi connectivity index (χ1n) is 5.01. The standard InChI is InChI=1S/C10H11N7/c1-6(10-14-16-17-15-10)13-8-4-2-3-7(5-11)9(8)12/h2-4,6,13H,12H2,1H3,(H,14,15,16,17). The molecular formula is C10H11N7. The topological polar surface area (TPSA) is 116 Å². The van der Waals surface area contributed by atoms with Gasteiger partial charge in [0, 0.05) is 0 Å². The number of nitriles is 1. The average Bonchev–Trinajstić information content (AvgIpc) is 2.85. The molecule has 0 saturated heterocycles. The Bertz CT molecular complexity index is 540. The van der Waals surface area contributed by atoms with Crippen molar-refractivity contribution in [1.29, 1.82) is 5.26 Å². The maximum absolute atomic E-state index is 8.86. The summed E-state index contributed by atoms with van der Waals surface area (Å²) in [5.41, 5.74) is 7.39. The van der Waals surface area contributed by atoms with Crippen molar-refractivity contribution in [2.45, 2.75) is 13.0 Å². The predicted octanol–water partition coefficient (Wildman–Crippen LogP) is 0.827. The van der Waals surface area contributed by atoms with E-state index in [1.165, 1.54) is 0 Å². The molecule has 2 rings (SSSR count). The highest BCUT2D eigenvalue weighted by atomic mass is 15.5. The number of hydrogen-bond donors (Lipinski definition) is 3. The van der Waals surface area contributed by atoms with Crippen molar-refractivity contribution in [2.75, 3.05) is 11.1 Å². The zero-order chi connectivity index (χ0) is 12.3. The van der Waals surface area contributed by atoms with Crippen LogP contribution >= 0.6 is 0 Å². The van der Waals surface area contributed by atoms with E-state index in [4.69, 9.17) is 11.0 Å². The van der Waals surface area contributed by atoms with Crippen LogP contribution in [0, 0.1) is 11.3 Å². The number of nitrogens with two attached hydrogens (primary N) is 1. The first-order chi connectivity index (χ1) is 8.22. The number of para-hydroxylation sites is 1. The Morgan fingerprint density at radius 3 is 3.00 bits per heavy atom. The number of nitrogens with one attached hydrogen (secondary N) is 2. The number of rotatable bonds is 3. The van der Waals surface area contributed by atoms with Gasteiger partial charge in [-0.3, -0.25) is 0 Å². The summed E-state index contributed by atoms with van der Waals surface area (Å²) in [7, 11) is 0. The first kappa shape index (κ1) is 10.9. The van der Waals surface area contributed by atoms with Gasteiger partial charge in [-0.05, 0) is 19.1 Å². The maximum Gasteiger partial charge on any atom is 0.196 e. The van der Waals surface area contributed by atoms with Crippen molar-refractivity contribution in [3.8, 4) is 6.07 Å². The molecule has 1 unspecified atom stereocenters. The van der Waals surface area contributed by atoms with E-state index in [1.807, 2.05) is 13.0 Å². The van der Waals surface area contributed by atoms with Crippen molar-refractivity contribution in [3.63, 3.8) is 0 Å². The smallest absolute Gasteiger partial charge is 0.196 e. The van der Waals surface area contributed by atoms with Crippen molar-refractivity contribution < 1.29 is 0 Å². The molecule has 7 nitrogen and oxygen atoms in total. The number of aromatic amines is 1.